The highest BCUT2D eigenvalue weighted by molar-refractivity contribution is 5.77. The third-order valence-electron chi connectivity index (χ3n) is 2.45. The van der Waals surface area contributed by atoms with Crippen molar-refractivity contribution in [1.29, 1.82) is 5.41 Å². The molecule has 0 spiro atoms. The lowest BCUT2D eigenvalue weighted by Crippen LogP contribution is -2.44. The first-order valence-electron chi connectivity index (χ1n) is 5.37. The SMILES string of the molecule is CC(CNCC=N)=C(F)CCC(C)(N)C(=O)O. The molecule has 0 amide bonds. The Morgan fingerprint density at radius 3 is 2.71 bits per heavy atom. The molecule has 98 valence electrons. The van der Waals surface area contributed by atoms with E-state index >= 15 is 0 Å². The van der Waals surface area contributed by atoms with Crippen molar-refractivity contribution < 1.29 is 14.3 Å². The normalized spacial score (nSPS) is 16.0. The minimum absolute atomic E-state index is 0.0113. The monoisotopic (exact) mass is 245 g/mol. The molecule has 0 radical (unpaired) electrons. The summed E-state index contributed by atoms with van der Waals surface area (Å²) >= 11 is 0. The number of carboxylic acids is 1. The largest absolute Gasteiger partial charge is 0.480 e. The van der Waals surface area contributed by atoms with Crippen molar-refractivity contribution in [2.75, 3.05) is 13.1 Å². The second-order valence-electron chi connectivity index (χ2n) is 4.24. The van der Waals surface area contributed by atoms with Crippen molar-refractivity contribution in [2.24, 2.45) is 5.73 Å². The molecule has 0 aromatic rings. The van der Waals surface area contributed by atoms with Gasteiger partial charge in [0.15, 0.2) is 0 Å². The van der Waals surface area contributed by atoms with Crippen LogP contribution in [0.15, 0.2) is 11.4 Å². The van der Waals surface area contributed by atoms with E-state index in [1.807, 2.05) is 0 Å². The third-order valence-corrected chi connectivity index (χ3v) is 2.45. The molecule has 5 N–H and O–H groups in total. The number of hydrogen-bond acceptors (Lipinski definition) is 4. The Morgan fingerprint density at radius 1 is 1.65 bits per heavy atom. The maximum atomic E-state index is 13.6. The second-order valence-corrected chi connectivity index (χ2v) is 4.24. The molecule has 0 aliphatic carbocycles. The van der Waals surface area contributed by atoms with E-state index in [-0.39, 0.29) is 18.7 Å². The molecule has 17 heavy (non-hydrogen) atoms. The van der Waals surface area contributed by atoms with Crippen LogP contribution >= 0.6 is 0 Å². The molecule has 0 heterocycles. The Balaban J connectivity index is 4.23. The van der Waals surface area contributed by atoms with Gasteiger partial charge in [0.1, 0.15) is 11.4 Å². The van der Waals surface area contributed by atoms with E-state index in [0.29, 0.717) is 18.7 Å². The summed E-state index contributed by atoms with van der Waals surface area (Å²) in [4.78, 5) is 10.7. The molecular weight excluding hydrogens is 225 g/mol. The summed E-state index contributed by atoms with van der Waals surface area (Å²) in [7, 11) is 0. The molecule has 0 saturated carbocycles. The van der Waals surface area contributed by atoms with Crippen LogP contribution in [-0.2, 0) is 4.79 Å². The average molecular weight is 245 g/mol. The van der Waals surface area contributed by atoms with E-state index in [0.717, 1.165) is 0 Å². The fraction of sp³-hybridized carbons (Fsp3) is 0.636. The van der Waals surface area contributed by atoms with Gasteiger partial charge < -0.3 is 21.6 Å². The zero-order valence-electron chi connectivity index (χ0n) is 10.2. The topological polar surface area (TPSA) is 99.2 Å². The Hall–Kier alpha value is -1.27. The van der Waals surface area contributed by atoms with Crippen molar-refractivity contribution in [3.63, 3.8) is 0 Å². The van der Waals surface area contributed by atoms with E-state index < -0.39 is 11.5 Å². The summed E-state index contributed by atoms with van der Waals surface area (Å²) in [6.07, 6.45) is 1.25. The molecule has 0 aliphatic heterocycles. The fourth-order valence-corrected chi connectivity index (χ4v) is 1.12. The highest BCUT2D eigenvalue weighted by Crippen LogP contribution is 2.18. The predicted octanol–water partition coefficient (Wildman–Crippen LogP) is 1.05. The standard InChI is InChI=1S/C11H20FN3O2/c1-8(7-15-6-5-13)9(12)3-4-11(2,14)10(16)17/h5,13,15H,3-4,6-7,14H2,1-2H3,(H,16,17). The lowest BCUT2D eigenvalue weighted by molar-refractivity contribution is -0.142. The summed E-state index contributed by atoms with van der Waals surface area (Å²) in [5, 5.41) is 18.4. The first kappa shape index (κ1) is 15.7. The first-order valence-corrected chi connectivity index (χ1v) is 5.37. The summed E-state index contributed by atoms with van der Waals surface area (Å²) in [5.41, 5.74) is 4.60. The highest BCUT2D eigenvalue weighted by atomic mass is 19.1. The third kappa shape index (κ3) is 6.13. The van der Waals surface area contributed by atoms with Crippen LogP contribution in [-0.4, -0.2) is 35.9 Å². The summed E-state index contributed by atoms with van der Waals surface area (Å²) in [5.74, 6) is -1.48. The van der Waals surface area contributed by atoms with Crippen molar-refractivity contribution in [3.05, 3.63) is 11.4 Å². The Bertz CT molecular complexity index is 314. The van der Waals surface area contributed by atoms with Gasteiger partial charge in [-0.15, -0.1) is 0 Å². The van der Waals surface area contributed by atoms with Gasteiger partial charge in [-0.3, -0.25) is 4.79 Å². The Kier molecular flexibility index (Phi) is 6.60. The van der Waals surface area contributed by atoms with Gasteiger partial charge >= 0.3 is 5.97 Å². The summed E-state index contributed by atoms with van der Waals surface area (Å²) in [6, 6.07) is 0. The van der Waals surface area contributed by atoms with E-state index in [1.165, 1.54) is 13.1 Å². The second kappa shape index (κ2) is 7.13. The molecule has 0 aromatic heterocycles. The van der Waals surface area contributed by atoms with E-state index in [1.54, 1.807) is 6.92 Å². The molecular formula is C11H20FN3O2. The number of aliphatic carboxylic acids is 1. The molecule has 0 saturated heterocycles. The average Bonchev–Trinajstić information content (AvgIpc) is 2.26. The van der Waals surface area contributed by atoms with Crippen LogP contribution < -0.4 is 11.1 Å². The van der Waals surface area contributed by atoms with Crippen LogP contribution in [0.2, 0.25) is 0 Å². The number of nitrogens with one attached hydrogen (secondary N) is 2. The summed E-state index contributed by atoms with van der Waals surface area (Å²) < 4.78 is 13.6. The molecule has 0 fully saturated rings. The number of carboxylic acid groups (broad SMARTS) is 1. The zero-order chi connectivity index (χ0) is 13.5. The fourth-order valence-electron chi connectivity index (χ4n) is 1.12. The number of nitrogens with two attached hydrogens (primary N) is 1. The smallest absolute Gasteiger partial charge is 0.323 e. The van der Waals surface area contributed by atoms with Gasteiger partial charge in [-0.25, -0.2) is 4.39 Å². The molecule has 1 atom stereocenters. The molecule has 0 aliphatic rings. The molecule has 5 nitrogen and oxygen atoms in total. The lowest BCUT2D eigenvalue weighted by Gasteiger charge is -2.18. The number of hydrogen-bond donors (Lipinski definition) is 4. The van der Waals surface area contributed by atoms with Crippen molar-refractivity contribution in [2.45, 2.75) is 32.2 Å². The van der Waals surface area contributed by atoms with Crippen LogP contribution in [0.5, 0.6) is 0 Å². The highest BCUT2D eigenvalue weighted by Gasteiger charge is 2.27. The zero-order valence-corrected chi connectivity index (χ0v) is 10.2. The van der Waals surface area contributed by atoms with Crippen LogP contribution in [0.4, 0.5) is 4.39 Å². The minimum Gasteiger partial charge on any atom is -0.480 e. The molecule has 0 rings (SSSR count). The predicted molar refractivity (Wildman–Crippen MR) is 64.9 cm³/mol. The maximum absolute atomic E-state index is 13.6. The van der Waals surface area contributed by atoms with Crippen LogP contribution in [0.25, 0.3) is 0 Å². The lowest BCUT2D eigenvalue weighted by atomic mass is 9.96. The van der Waals surface area contributed by atoms with Crippen molar-refractivity contribution >= 4 is 12.2 Å². The van der Waals surface area contributed by atoms with Gasteiger partial charge in [0.25, 0.3) is 0 Å². The van der Waals surface area contributed by atoms with Gasteiger partial charge in [-0.05, 0) is 25.8 Å². The van der Waals surface area contributed by atoms with Gasteiger partial charge in [-0.2, -0.15) is 0 Å². The summed E-state index contributed by atoms with van der Waals surface area (Å²) in [6.45, 7) is 3.72. The van der Waals surface area contributed by atoms with E-state index in [9.17, 15) is 9.18 Å². The van der Waals surface area contributed by atoms with E-state index in [4.69, 9.17) is 16.2 Å². The van der Waals surface area contributed by atoms with Crippen LogP contribution in [0.3, 0.4) is 0 Å². The number of halogens is 1. The Morgan fingerprint density at radius 2 is 2.24 bits per heavy atom. The number of allylic oxidation sites excluding steroid dienone is 1. The molecule has 1 unspecified atom stereocenters. The maximum Gasteiger partial charge on any atom is 0.323 e. The molecule has 6 heteroatoms. The van der Waals surface area contributed by atoms with E-state index in [2.05, 4.69) is 5.32 Å². The molecule has 0 bridgehead atoms. The first-order chi connectivity index (χ1) is 7.81. The van der Waals surface area contributed by atoms with Crippen LogP contribution in [0.1, 0.15) is 26.7 Å². The van der Waals surface area contributed by atoms with Gasteiger partial charge in [0, 0.05) is 25.7 Å². The molecule has 0 aromatic carbocycles. The van der Waals surface area contributed by atoms with Crippen molar-refractivity contribution in [3.8, 4) is 0 Å². The van der Waals surface area contributed by atoms with Gasteiger partial charge in [0.2, 0.25) is 0 Å². The van der Waals surface area contributed by atoms with Crippen LogP contribution in [0, 0.1) is 5.41 Å². The van der Waals surface area contributed by atoms with Gasteiger partial charge in [0.05, 0.1) is 0 Å². The van der Waals surface area contributed by atoms with Gasteiger partial charge in [-0.1, -0.05) is 0 Å². The number of carbonyl (C=O) groups is 1. The number of rotatable bonds is 8. The Labute approximate surface area is 100 Å². The van der Waals surface area contributed by atoms with Crippen molar-refractivity contribution in [1.82, 2.24) is 5.32 Å². The quantitative estimate of drug-likeness (QED) is 0.379. The minimum atomic E-state index is -1.40.